The second-order valence-electron chi connectivity index (χ2n) is 8.60. The molecule has 0 aliphatic carbocycles. The molecule has 3 aromatic carbocycles. The molecule has 0 fully saturated rings. The fourth-order valence-corrected chi connectivity index (χ4v) is 5.38. The van der Waals surface area contributed by atoms with Gasteiger partial charge in [0.2, 0.25) is 11.8 Å². The van der Waals surface area contributed by atoms with Gasteiger partial charge in [0.1, 0.15) is 24.1 Å². The van der Waals surface area contributed by atoms with Gasteiger partial charge in [0.25, 0.3) is 10.0 Å². The standard InChI is InChI=1S/C28H32ClN3O6S/c1-5-30-28(34)20(2)31(18-21-6-12-24(37-3)13-7-21)27(33)19-32(23-10-8-22(29)9-11-23)39(35,36)26-16-14-25(38-4)15-17-26/h6-17,20H,5,18-19H2,1-4H3,(H,30,34). The summed E-state index contributed by atoms with van der Waals surface area (Å²) < 4.78 is 39.0. The molecular weight excluding hydrogens is 542 g/mol. The first kappa shape index (κ1) is 29.8. The largest absolute Gasteiger partial charge is 0.497 e. The lowest BCUT2D eigenvalue weighted by atomic mass is 10.1. The van der Waals surface area contributed by atoms with Crippen molar-refractivity contribution in [3.05, 3.63) is 83.4 Å². The van der Waals surface area contributed by atoms with Crippen LogP contribution in [0.1, 0.15) is 19.4 Å². The smallest absolute Gasteiger partial charge is 0.264 e. The van der Waals surface area contributed by atoms with E-state index in [2.05, 4.69) is 5.32 Å². The molecule has 0 saturated heterocycles. The van der Waals surface area contributed by atoms with Crippen LogP contribution in [0.5, 0.6) is 11.5 Å². The first-order valence-corrected chi connectivity index (χ1v) is 14.0. The van der Waals surface area contributed by atoms with E-state index in [0.29, 0.717) is 23.1 Å². The summed E-state index contributed by atoms with van der Waals surface area (Å²) >= 11 is 6.04. The Kier molecular flexibility index (Phi) is 10.2. The number of hydrogen-bond acceptors (Lipinski definition) is 6. The topological polar surface area (TPSA) is 105 Å². The lowest BCUT2D eigenvalue weighted by Gasteiger charge is -2.32. The number of nitrogens with one attached hydrogen (secondary N) is 1. The molecule has 0 aromatic heterocycles. The van der Waals surface area contributed by atoms with Crippen LogP contribution in [0.15, 0.2) is 77.7 Å². The molecular formula is C28H32ClN3O6S. The van der Waals surface area contributed by atoms with Crippen molar-refractivity contribution in [1.82, 2.24) is 10.2 Å². The molecule has 3 aromatic rings. The second-order valence-corrected chi connectivity index (χ2v) is 10.9. The highest BCUT2D eigenvalue weighted by Gasteiger charge is 2.32. The van der Waals surface area contributed by atoms with E-state index >= 15 is 0 Å². The average molecular weight is 574 g/mol. The van der Waals surface area contributed by atoms with E-state index in [1.54, 1.807) is 57.4 Å². The number of likely N-dealkylation sites (N-methyl/N-ethyl adjacent to an activating group) is 1. The summed E-state index contributed by atoms with van der Waals surface area (Å²) in [6, 6.07) is 18.2. The molecule has 0 bridgehead atoms. The Morgan fingerprint density at radius 3 is 1.95 bits per heavy atom. The Labute approximate surface area is 234 Å². The molecule has 1 N–H and O–H groups in total. The Hall–Kier alpha value is -3.76. The Bertz CT molecular complexity index is 1360. The predicted molar refractivity (Wildman–Crippen MR) is 151 cm³/mol. The molecule has 1 unspecified atom stereocenters. The number of benzene rings is 3. The molecule has 11 heteroatoms. The van der Waals surface area contributed by atoms with Gasteiger partial charge in [-0.15, -0.1) is 0 Å². The van der Waals surface area contributed by atoms with Crippen molar-refractivity contribution in [2.24, 2.45) is 0 Å². The minimum Gasteiger partial charge on any atom is -0.497 e. The summed E-state index contributed by atoms with van der Waals surface area (Å²) in [6.07, 6.45) is 0. The summed E-state index contributed by atoms with van der Waals surface area (Å²) in [5, 5.41) is 3.15. The van der Waals surface area contributed by atoms with Gasteiger partial charge in [-0.05, 0) is 80.1 Å². The highest BCUT2D eigenvalue weighted by atomic mass is 35.5. The van der Waals surface area contributed by atoms with Gasteiger partial charge in [0.05, 0.1) is 24.8 Å². The summed E-state index contributed by atoms with van der Waals surface area (Å²) in [4.78, 5) is 27.9. The number of carbonyl (C=O) groups is 2. The third kappa shape index (κ3) is 7.42. The molecule has 0 aliphatic heterocycles. The van der Waals surface area contributed by atoms with Gasteiger partial charge >= 0.3 is 0 Å². The summed E-state index contributed by atoms with van der Waals surface area (Å²) in [5.74, 6) is 0.226. The maximum absolute atomic E-state index is 13.8. The molecule has 0 radical (unpaired) electrons. The van der Waals surface area contributed by atoms with E-state index in [-0.39, 0.29) is 23.0 Å². The fourth-order valence-electron chi connectivity index (χ4n) is 3.84. The summed E-state index contributed by atoms with van der Waals surface area (Å²) in [5.41, 5.74) is 0.995. The zero-order valence-electron chi connectivity index (χ0n) is 22.3. The number of hydrogen-bond donors (Lipinski definition) is 1. The van der Waals surface area contributed by atoms with E-state index < -0.39 is 28.5 Å². The highest BCUT2D eigenvalue weighted by molar-refractivity contribution is 7.92. The summed E-state index contributed by atoms with van der Waals surface area (Å²) in [7, 11) is -1.15. The maximum atomic E-state index is 13.8. The van der Waals surface area contributed by atoms with Gasteiger partial charge < -0.3 is 19.7 Å². The van der Waals surface area contributed by atoms with Crippen LogP contribution in [-0.2, 0) is 26.2 Å². The number of rotatable bonds is 12. The van der Waals surface area contributed by atoms with Gasteiger partial charge in [0, 0.05) is 18.1 Å². The molecule has 0 saturated carbocycles. The number of anilines is 1. The Morgan fingerprint density at radius 1 is 0.897 bits per heavy atom. The van der Waals surface area contributed by atoms with E-state index in [9.17, 15) is 18.0 Å². The molecule has 1 atom stereocenters. The van der Waals surface area contributed by atoms with Crippen molar-refractivity contribution < 1.29 is 27.5 Å². The van der Waals surface area contributed by atoms with Crippen LogP contribution < -0.4 is 19.1 Å². The number of carbonyl (C=O) groups excluding carboxylic acids is 2. The Balaban J connectivity index is 2.01. The van der Waals surface area contributed by atoms with Gasteiger partial charge in [0.15, 0.2) is 0 Å². The first-order chi connectivity index (χ1) is 18.6. The van der Waals surface area contributed by atoms with Crippen molar-refractivity contribution in [2.75, 3.05) is 31.6 Å². The molecule has 9 nitrogen and oxygen atoms in total. The van der Waals surface area contributed by atoms with Crippen molar-refractivity contribution in [2.45, 2.75) is 31.3 Å². The summed E-state index contributed by atoms with van der Waals surface area (Å²) in [6.45, 7) is 3.31. The van der Waals surface area contributed by atoms with Crippen LogP contribution in [0.4, 0.5) is 5.69 Å². The number of nitrogens with zero attached hydrogens (tertiary/aromatic N) is 2. The number of ether oxygens (including phenoxy) is 2. The fraction of sp³-hybridized carbons (Fsp3) is 0.286. The number of amides is 2. The normalized spacial score (nSPS) is 11.8. The minimum absolute atomic E-state index is 0.0236. The zero-order chi connectivity index (χ0) is 28.6. The molecule has 0 spiro atoms. The van der Waals surface area contributed by atoms with Crippen LogP contribution >= 0.6 is 11.6 Å². The number of sulfonamides is 1. The third-order valence-corrected chi connectivity index (χ3v) is 8.11. The molecule has 0 aliphatic rings. The third-order valence-electron chi connectivity index (χ3n) is 6.07. The lowest BCUT2D eigenvalue weighted by molar-refractivity contribution is -0.139. The van der Waals surface area contributed by atoms with Crippen LogP contribution in [0.3, 0.4) is 0 Å². The van der Waals surface area contributed by atoms with Crippen molar-refractivity contribution in [3.8, 4) is 11.5 Å². The van der Waals surface area contributed by atoms with Crippen LogP contribution in [0.2, 0.25) is 5.02 Å². The lowest BCUT2D eigenvalue weighted by Crippen LogP contribution is -2.51. The first-order valence-electron chi connectivity index (χ1n) is 12.2. The predicted octanol–water partition coefficient (Wildman–Crippen LogP) is 4.11. The van der Waals surface area contributed by atoms with E-state index in [1.165, 1.54) is 48.4 Å². The van der Waals surface area contributed by atoms with Crippen molar-refractivity contribution >= 4 is 39.1 Å². The second kappa shape index (κ2) is 13.3. The average Bonchev–Trinajstić information content (AvgIpc) is 2.95. The maximum Gasteiger partial charge on any atom is 0.264 e. The SMILES string of the molecule is CCNC(=O)C(C)N(Cc1ccc(OC)cc1)C(=O)CN(c1ccc(Cl)cc1)S(=O)(=O)c1ccc(OC)cc1. The van der Waals surface area contributed by atoms with Gasteiger partial charge in [-0.2, -0.15) is 0 Å². The van der Waals surface area contributed by atoms with Gasteiger partial charge in [-0.1, -0.05) is 23.7 Å². The van der Waals surface area contributed by atoms with Crippen LogP contribution in [0.25, 0.3) is 0 Å². The molecule has 2 amide bonds. The van der Waals surface area contributed by atoms with Crippen molar-refractivity contribution in [1.29, 1.82) is 0 Å². The Morgan fingerprint density at radius 2 is 1.44 bits per heavy atom. The van der Waals surface area contributed by atoms with E-state index in [4.69, 9.17) is 21.1 Å². The van der Waals surface area contributed by atoms with Crippen molar-refractivity contribution in [3.63, 3.8) is 0 Å². The number of methoxy groups -OCH3 is 2. The van der Waals surface area contributed by atoms with Gasteiger partial charge in [-0.25, -0.2) is 8.42 Å². The van der Waals surface area contributed by atoms with Crippen LogP contribution in [-0.4, -0.2) is 58.5 Å². The number of halogens is 1. The monoisotopic (exact) mass is 573 g/mol. The quantitative estimate of drug-likeness (QED) is 0.350. The van der Waals surface area contributed by atoms with Crippen LogP contribution in [0, 0.1) is 0 Å². The van der Waals surface area contributed by atoms with E-state index in [0.717, 1.165) is 9.87 Å². The minimum atomic E-state index is -4.19. The molecule has 0 heterocycles. The molecule has 208 valence electrons. The van der Waals surface area contributed by atoms with E-state index in [1.807, 2.05) is 0 Å². The highest BCUT2D eigenvalue weighted by Crippen LogP contribution is 2.27. The molecule has 39 heavy (non-hydrogen) atoms. The van der Waals surface area contributed by atoms with Gasteiger partial charge in [-0.3, -0.25) is 13.9 Å². The zero-order valence-corrected chi connectivity index (χ0v) is 23.8. The molecule has 3 rings (SSSR count).